The summed E-state index contributed by atoms with van der Waals surface area (Å²) in [7, 11) is 1.56. The number of ether oxygens (including phenoxy) is 2. The van der Waals surface area contributed by atoms with Gasteiger partial charge in [0.1, 0.15) is 12.2 Å². The van der Waals surface area contributed by atoms with E-state index in [2.05, 4.69) is 57.4 Å². The number of fused-ring (bicyclic) bond motifs is 2. The summed E-state index contributed by atoms with van der Waals surface area (Å²) in [6.45, 7) is 0.376. The molecule has 0 aliphatic rings. The van der Waals surface area contributed by atoms with Gasteiger partial charge >= 0.3 is 5.91 Å². The van der Waals surface area contributed by atoms with Crippen molar-refractivity contribution >= 4 is 62.1 Å². The van der Waals surface area contributed by atoms with Gasteiger partial charge in [-0.05, 0) is 74.8 Å². The number of nitrogens with zero attached hydrogens (tertiary/aromatic N) is 2. The molecule has 1 N–H and O–H groups in total. The molecule has 0 spiro atoms. The molecule has 1 aromatic heterocycles. The first kappa shape index (κ1) is 25.2. The molecule has 0 saturated heterocycles. The molecular formula is C28H20IN3O6. The second kappa shape index (κ2) is 10.9. The molecule has 5 rings (SSSR count). The third kappa shape index (κ3) is 5.44. The van der Waals surface area contributed by atoms with E-state index < -0.39 is 10.8 Å². The third-order valence-electron chi connectivity index (χ3n) is 5.76. The van der Waals surface area contributed by atoms with Gasteiger partial charge in [0.2, 0.25) is 0 Å². The Labute approximate surface area is 230 Å². The van der Waals surface area contributed by atoms with E-state index in [1.165, 1.54) is 35.9 Å². The maximum Gasteiger partial charge on any atom is 0.307 e. The van der Waals surface area contributed by atoms with Crippen LogP contribution in [0.1, 0.15) is 21.7 Å². The van der Waals surface area contributed by atoms with Crippen LogP contribution in [-0.4, -0.2) is 24.2 Å². The van der Waals surface area contributed by atoms with Crippen LogP contribution < -0.4 is 14.9 Å². The van der Waals surface area contributed by atoms with Crippen LogP contribution in [0.2, 0.25) is 0 Å². The van der Waals surface area contributed by atoms with E-state index in [1.54, 1.807) is 13.2 Å². The van der Waals surface area contributed by atoms with Crippen molar-refractivity contribution in [3.8, 4) is 11.5 Å². The summed E-state index contributed by atoms with van der Waals surface area (Å²) in [6, 6.07) is 23.5. The van der Waals surface area contributed by atoms with Gasteiger partial charge in [0, 0.05) is 17.5 Å². The van der Waals surface area contributed by atoms with Gasteiger partial charge in [-0.15, -0.1) is 0 Å². The molecule has 1 amide bonds. The molecule has 38 heavy (non-hydrogen) atoms. The second-order valence-electron chi connectivity index (χ2n) is 8.29. The van der Waals surface area contributed by atoms with Crippen LogP contribution in [0.15, 0.2) is 88.4 Å². The zero-order valence-corrected chi connectivity index (χ0v) is 22.2. The number of carbonyl (C=O) groups is 1. The lowest BCUT2D eigenvalue weighted by Crippen LogP contribution is -2.16. The van der Waals surface area contributed by atoms with Crippen molar-refractivity contribution in [1.82, 2.24) is 5.43 Å². The Morgan fingerprint density at radius 3 is 2.66 bits per heavy atom. The molecule has 4 aromatic carbocycles. The summed E-state index contributed by atoms with van der Waals surface area (Å²) in [5.41, 5.74) is 4.41. The Morgan fingerprint density at radius 1 is 1.05 bits per heavy atom. The fourth-order valence-corrected chi connectivity index (χ4v) is 4.70. The van der Waals surface area contributed by atoms with E-state index in [0.29, 0.717) is 34.6 Å². The van der Waals surface area contributed by atoms with Gasteiger partial charge in [0.25, 0.3) is 5.69 Å². The molecule has 190 valence electrons. The topological polar surface area (TPSA) is 116 Å². The smallest absolute Gasteiger partial charge is 0.307 e. The second-order valence-corrected chi connectivity index (χ2v) is 9.46. The maximum absolute atomic E-state index is 12.5. The van der Waals surface area contributed by atoms with Crippen molar-refractivity contribution in [3.63, 3.8) is 0 Å². The highest BCUT2D eigenvalue weighted by atomic mass is 127. The summed E-state index contributed by atoms with van der Waals surface area (Å²) in [5.74, 6) is 0.544. The Bertz CT molecular complexity index is 1710. The average Bonchev–Trinajstić information content (AvgIpc) is 3.36. The highest BCUT2D eigenvalue weighted by Gasteiger charge is 2.15. The lowest BCUT2D eigenvalue weighted by Gasteiger charge is -2.14. The fourth-order valence-electron chi connectivity index (χ4n) is 3.92. The van der Waals surface area contributed by atoms with Gasteiger partial charge in [-0.1, -0.05) is 36.4 Å². The monoisotopic (exact) mass is 621 g/mol. The number of hydrogen-bond donors (Lipinski definition) is 1. The Balaban J connectivity index is 1.26. The predicted molar refractivity (Wildman–Crippen MR) is 152 cm³/mol. The van der Waals surface area contributed by atoms with Crippen LogP contribution >= 0.6 is 22.6 Å². The zero-order chi connectivity index (χ0) is 26.6. The number of nitrogens with one attached hydrogen (secondary N) is 1. The lowest BCUT2D eigenvalue weighted by molar-refractivity contribution is -0.384. The molecule has 0 bridgehead atoms. The molecule has 0 aliphatic carbocycles. The van der Waals surface area contributed by atoms with Gasteiger partial charge in [-0.3, -0.25) is 14.9 Å². The van der Waals surface area contributed by atoms with Gasteiger partial charge in [-0.25, -0.2) is 5.43 Å². The van der Waals surface area contributed by atoms with E-state index in [0.717, 1.165) is 14.5 Å². The molecule has 5 aromatic rings. The van der Waals surface area contributed by atoms with Crippen molar-refractivity contribution < 1.29 is 23.6 Å². The van der Waals surface area contributed by atoms with E-state index in [-0.39, 0.29) is 11.4 Å². The number of methoxy groups -OCH3 is 1. The molecule has 0 saturated carbocycles. The molecular weight excluding hydrogens is 601 g/mol. The predicted octanol–water partition coefficient (Wildman–Crippen LogP) is 6.45. The Morgan fingerprint density at radius 2 is 1.87 bits per heavy atom. The first-order valence-electron chi connectivity index (χ1n) is 11.4. The van der Waals surface area contributed by atoms with Gasteiger partial charge < -0.3 is 13.9 Å². The van der Waals surface area contributed by atoms with Gasteiger partial charge in [0.05, 0.1) is 21.8 Å². The molecule has 9 nitrogen and oxygen atoms in total. The van der Waals surface area contributed by atoms with Crippen molar-refractivity contribution in [3.05, 3.63) is 109 Å². The number of nitro benzene ring substituents is 1. The van der Waals surface area contributed by atoms with Crippen molar-refractivity contribution in [2.24, 2.45) is 5.10 Å². The van der Waals surface area contributed by atoms with Gasteiger partial charge in [0.15, 0.2) is 17.3 Å². The van der Waals surface area contributed by atoms with E-state index in [4.69, 9.17) is 13.9 Å². The Kier molecular flexibility index (Phi) is 7.22. The number of non-ortho nitro benzene ring substituents is 1. The van der Waals surface area contributed by atoms with E-state index >= 15 is 0 Å². The zero-order valence-electron chi connectivity index (χ0n) is 20.0. The summed E-state index contributed by atoms with van der Waals surface area (Å²) in [6.07, 6.45) is 1.48. The number of benzene rings is 4. The number of rotatable bonds is 8. The van der Waals surface area contributed by atoms with Crippen LogP contribution in [-0.2, 0) is 6.61 Å². The van der Waals surface area contributed by atoms with Crippen LogP contribution in [0.4, 0.5) is 5.69 Å². The average molecular weight is 621 g/mol. The summed E-state index contributed by atoms with van der Waals surface area (Å²) in [4.78, 5) is 22.9. The number of halogens is 1. The van der Waals surface area contributed by atoms with Crippen LogP contribution in [0, 0.1) is 13.7 Å². The minimum atomic E-state index is -0.586. The number of hydrogen-bond acceptors (Lipinski definition) is 7. The summed E-state index contributed by atoms with van der Waals surface area (Å²) >= 11 is 2.16. The normalized spacial score (nSPS) is 11.2. The fraction of sp³-hybridized carbons (Fsp3) is 0.0714. The van der Waals surface area contributed by atoms with Gasteiger partial charge in [-0.2, -0.15) is 5.10 Å². The first-order valence-corrected chi connectivity index (χ1v) is 12.5. The summed E-state index contributed by atoms with van der Waals surface area (Å²) in [5, 5.41) is 17.7. The SMILES string of the molecule is COc1cc(/C=N/NC(=O)c2cc3cc([N+](=O)[O-])ccc3o2)cc(I)c1OCc1ccc2ccccc2c1. The number of nitro groups is 1. The molecule has 0 unspecified atom stereocenters. The van der Waals surface area contributed by atoms with Crippen molar-refractivity contribution in [2.75, 3.05) is 7.11 Å². The van der Waals surface area contributed by atoms with Crippen LogP contribution in [0.3, 0.4) is 0 Å². The van der Waals surface area contributed by atoms with Crippen molar-refractivity contribution in [2.45, 2.75) is 6.61 Å². The molecule has 0 fully saturated rings. The quantitative estimate of drug-likeness (QED) is 0.0922. The maximum atomic E-state index is 12.5. The van der Waals surface area contributed by atoms with Crippen LogP contribution in [0.25, 0.3) is 21.7 Å². The largest absolute Gasteiger partial charge is 0.493 e. The number of furan rings is 1. The van der Waals surface area contributed by atoms with E-state index in [9.17, 15) is 14.9 Å². The lowest BCUT2D eigenvalue weighted by atomic mass is 10.1. The van der Waals surface area contributed by atoms with Crippen molar-refractivity contribution in [1.29, 1.82) is 0 Å². The molecule has 0 atom stereocenters. The molecule has 10 heteroatoms. The number of amides is 1. The number of carbonyl (C=O) groups excluding carboxylic acids is 1. The highest BCUT2D eigenvalue weighted by molar-refractivity contribution is 14.1. The van der Waals surface area contributed by atoms with Crippen LogP contribution in [0.5, 0.6) is 11.5 Å². The molecule has 0 aliphatic heterocycles. The number of hydrazone groups is 1. The highest BCUT2D eigenvalue weighted by Crippen LogP contribution is 2.34. The Hall–Kier alpha value is -4.45. The first-order chi connectivity index (χ1) is 18.4. The standard InChI is InChI=1S/C28H20IN3O6/c1-36-25-12-18(11-23(29)27(25)37-16-17-6-7-19-4-2-3-5-20(19)10-17)15-30-31-28(33)26-14-21-13-22(32(34)35)8-9-24(21)38-26/h2-15H,16H2,1H3,(H,31,33)/b30-15+. The minimum absolute atomic E-state index is 0.0118. The molecule has 1 heterocycles. The minimum Gasteiger partial charge on any atom is -0.493 e. The third-order valence-corrected chi connectivity index (χ3v) is 6.56. The molecule has 0 radical (unpaired) electrons. The summed E-state index contributed by atoms with van der Waals surface area (Å²) < 4.78 is 17.9. The van der Waals surface area contributed by atoms with E-state index in [1.807, 2.05) is 24.3 Å².